The van der Waals surface area contributed by atoms with Crippen LogP contribution in [0.2, 0.25) is 0 Å². The molecule has 1 saturated carbocycles. The number of hydrogen-bond donors (Lipinski definition) is 1. The van der Waals surface area contributed by atoms with E-state index in [0.717, 1.165) is 36.0 Å². The van der Waals surface area contributed by atoms with Crippen LogP contribution in [0.4, 0.5) is 0 Å². The van der Waals surface area contributed by atoms with Crippen molar-refractivity contribution >= 4 is 15.9 Å². The predicted octanol–water partition coefficient (Wildman–Crippen LogP) is 3.71. The normalized spacial score (nSPS) is 18.1. The Balaban J connectivity index is 1.99. The summed E-state index contributed by atoms with van der Waals surface area (Å²) in [6, 6.07) is 0. The van der Waals surface area contributed by atoms with E-state index in [2.05, 4.69) is 39.6 Å². The summed E-state index contributed by atoms with van der Waals surface area (Å²) in [4.78, 5) is 0. The first-order valence-electron chi connectivity index (χ1n) is 7.59. The Kier molecular flexibility index (Phi) is 5.46. The van der Waals surface area contributed by atoms with Crippen LogP contribution in [0.5, 0.6) is 0 Å². The van der Waals surface area contributed by atoms with Crippen molar-refractivity contribution in [2.45, 2.75) is 71.4 Å². The van der Waals surface area contributed by atoms with Gasteiger partial charge in [0.05, 0.1) is 22.0 Å². The molecule has 4 heteroatoms. The summed E-state index contributed by atoms with van der Waals surface area (Å²) in [5.41, 5.74) is 2.38. The van der Waals surface area contributed by atoms with Crippen molar-refractivity contribution in [2.75, 3.05) is 0 Å². The van der Waals surface area contributed by atoms with Crippen molar-refractivity contribution in [2.24, 2.45) is 5.92 Å². The SMILES string of the molecule is CCc1nn(CC)c(CCC(O)C2CCCC2)c1Br. The summed E-state index contributed by atoms with van der Waals surface area (Å²) in [6.45, 7) is 5.15. The van der Waals surface area contributed by atoms with Crippen LogP contribution >= 0.6 is 15.9 Å². The lowest BCUT2D eigenvalue weighted by atomic mass is 9.96. The first kappa shape index (κ1) is 15.0. The molecular formula is C15H25BrN2O. The van der Waals surface area contributed by atoms with Gasteiger partial charge in [0, 0.05) is 6.54 Å². The van der Waals surface area contributed by atoms with Gasteiger partial charge in [-0.2, -0.15) is 5.10 Å². The smallest absolute Gasteiger partial charge is 0.0766 e. The van der Waals surface area contributed by atoms with E-state index in [9.17, 15) is 5.11 Å². The second-order valence-corrected chi connectivity index (χ2v) is 6.32. The topological polar surface area (TPSA) is 38.0 Å². The quantitative estimate of drug-likeness (QED) is 0.864. The Hall–Kier alpha value is -0.350. The van der Waals surface area contributed by atoms with E-state index in [0.29, 0.717) is 5.92 Å². The standard InChI is InChI=1S/C15H25BrN2O/c1-3-12-15(16)13(18(4-2)17-12)9-10-14(19)11-7-5-6-8-11/h11,14,19H,3-10H2,1-2H3. The van der Waals surface area contributed by atoms with Gasteiger partial charge in [-0.25, -0.2) is 0 Å². The van der Waals surface area contributed by atoms with Crippen LogP contribution in [0.25, 0.3) is 0 Å². The maximum absolute atomic E-state index is 10.3. The molecule has 1 heterocycles. The van der Waals surface area contributed by atoms with Crippen molar-refractivity contribution in [1.82, 2.24) is 9.78 Å². The minimum Gasteiger partial charge on any atom is -0.393 e. The van der Waals surface area contributed by atoms with Crippen LogP contribution in [0.3, 0.4) is 0 Å². The lowest BCUT2D eigenvalue weighted by Gasteiger charge is -2.17. The van der Waals surface area contributed by atoms with E-state index in [1.165, 1.54) is 31.4 Å². The zero-order valence-corrected chi connectivity index (χ0v) is 13.6. The largest absolute Gasteiger partial charge is 0.393 e. The van der Waals surface area contributed by atoms with Gasteiger partial charge in [0.2, 0.25) is 0 Å². The number of rotatable bonds is 6. The lowest BCUT2D eigenvalue weighted by Crippen LogP contribution is -2.19. The Bertz CT molecular complexity index is 411. The zero-order chi connectivity index (χ0) is 13.8. The summed E-state index contributed by atoms with van der Waals surface area (Å²) in [5.74, 6) is 0.530. The number of halogens is 1. The van der Waals surface area contributed by atoms with E-state index in [4.69, 9.17) is 0 Å². The molecule has 1 aromatic heterocycles. The number of hydrogen-bond acceptors (Lipinski definition) is 2. The first-order chi connectivity index (χ1) is 9.17. The van der Waals surface area contributed by atoms with E-state index in [1.54, 1.807) is 0 Å². The summed E-state index contributed by atoms with van der Waals surface area (Å²) in [7, 11) is 0. The summed E-state index contributed by atoms with van der Waals surface area (Å²) in [5, 5.41) is 14.9. The molecule has 0 aliphatic heterocycles. The molecule has 1 aliphatic carbocycles. The molecule has 1 fully saturated rings. The molecule has 0 amide bonds. The van der Waals surface area contributed by atoms with Crippen LogP contribution in [0.1, 0.15) is 57.3 Å². The average molecular weight is 329 g/mol. The average Bonchev–Trinajstić information content (AvgIpc) is 3.04. The molecule has 2 rings (SSSR count). The van der Waals surface area contributed by atoms with Gasteiger partial charge in [0.25, 0.3) is 0 Å². The van der Waals surface area contributed by atoms with Gasteiger partial charge >= 0.3 is 0 Å². The van der Waals surface area contributed by atoms with Gasteiger partial charge in [-0.3, -0.25) is 4.68 Å². The van der Waals surface area contributed by atoms with Gasteiger partial charge in [0.15, 0.2) is 0 Å². The molecule has 1 N–H and O–H groups in total. The summed E-state index contributed by atoms with van der Waals surface area (Å²) < 4.78 is 3.22. The number of aryl methyl sites for hydroxylation is 2. The Morgan fingerprint density at radius 3 is 2.63 bits per heavy atom. The fourth-order valence-electron chi connectivity index (χ4n) is 3.12. The molecule has 0 bridgehead atoms. The third kappa shape index (κ3) is 3.40. The third-order valence-electron chi connectivity index (χ3n) is 4.32. The molecule has 3 nitrogen and oxygen atoms in total. The van der Waals surface area contributed by atoms with Crippen LogP contribution < -0.4 is 0 Å². The number of aliphatic hydroxyl groups is 1. The van der Waals surface area contributed by atoms with Crippen LogP contribution in [0, 0.1) is 5.92 Å². The van der Waals surface area contributed by atoms with Crippen LogP contribution in [-0.2, 0) is 19.4 Å². The molecule has 1 aromatic rings. The minimum atomic E-state index is -0.139. The highest BCUT2D eigenvalue weighted by atomic mass is 79.9. The van der Waals surface area contributed by atoms with Gasteiger partial charge in [-0.1, -0.05) is 19.8 Å². The molecule has 1 unspecified atom stereocenters. The second-order valence-electron chi connectivity index (χ2n) is 5.53. The number of nitrogens with zero attached hydrogens (tertiary/aromatic N) is 2. The van der Waals surface area contributed by atoms with Gasteiger partial charge in [-0.15, -0.1) is 0 Å². The van der Waals surface area contributed by atoms with Crippen molar-refractivity contribution < 1.29 is 5.11 Å². The van der Waals surface area contributed by atoms with E-state index in [-0.39, 0.29) is 6.10 Å². The fraction of sp³-hybridized carbons (Fsp3) is 0.800. The van der Waals surface area contributed by atoms with E-state index in [1.807, 2.05) is 0 Å². The molecule has 0 radical (unpaired) electrons. The molecular weight excluding hydrogens is 304 g/mol. The molecule has 0 aromatic carbocycles. The monoisotopic (exact) mass is 328 g/mol. The second kappa shape index (κ2) is 6.89. The fourth-order valence-corrected chi connectivity index (χ4v) is 3.88. The van der Waals surface area contributed by atoms with Gasteiger partial charge in [-0.05, 0) is 60.9 Å². The van der Waals surface area contributed by atoms with Crippen molar-refractivity contribution in [1.29, 1.82) is 0 Å². The van der Waals surface area contributed by atoms with Gasteiger partial charge in [0.1, 0.15) is 0 Å². The maximum atomic E-state index is 10.3. The summed E-state index contributed by atoms with van der Waals surface area (Å²) >= 11 is 3.67. The number of aliphatic hydroxyl groups excluding tert-OH is 1. The zero-order valence-electron chi connectivity index (χ0n) is 12.0. The molecule has 19 heavy (non-hydrogen) atoms. The molecule has 108 valence electrons. The predicted molar refractivity (Wildman–Crippen MR) is 81.3 cm³/mol. The van der Waals surface area contributed by atoms with Crippen LogP contribution in [0.15, 0.2) is 4.47 Å². The first-order valence-corrected chi connectivity index (χ1v) is 8.38. The van der Waals surface area contributed by atoms with E-state index < -0.39 is 0 Å². The molecule has 1 atom stereocenters. The lowest BCUT2D eigenvalue weighted by molar-refractivity contribution is 0.102. The molecule has 1 aliphatic rings. The number of aromatic nitrogens is 2. The molecule has 0 saturated heterocycles. The molecule has 0 spiro atoms. The Morgan fingerprint density at radius 2 is 2.05 bits per heavy atom. The van der Waals surface area contributed by atoms with E-state index >= 15 is 0 Å². The highest BCUT2D eigenvalue weighted by molar-refractivity contribution is 9.10. The van der Waals surface area contributed by atoms with Crippen molar-refractivity contribution in [3.63, 3.8) is 0 Å². The van der Waals surface area contributed by atoms with Gasteiger partial charge < -0.3 is 5.11 Å². The third-order valence-corrected chi connectivity index (χ3v) is 5.23. The van der Waals surface area contributed by atoms with Crippen molar-refractivity contribution in [3.05, 3.63) is 15.9 Å². The minimum absolute atomic E-state index is 0.139. The summed E-state index contributed by atoms with van der Waals surface area (Å²) in [6.07, 6.45) is 7.57. The van der Waals surface area contributed by atoms with Crippen molar-refractivity contribution in [3.8, 4) is 0 Å². The maximum Gasteiger partial charge on any atom is 0.0766 e. The highest BCUT2D eigenvalue weighted by Crippen LogP contribution is 2.30. The highest BCUT2D eigenvalue weighted by Gasteiger charge is 2.24. The van der Waals surface area contributed by atoms with Crippen LogP contribution in [-0.4, -0.2) is 21.0 Å². The Labute approximate surface area is 124 Å². The Morgan fingerprint density at radius 1 is 1.37 bits per heavy atom.